The van der Waals surface area contributed by atoms with Gasteiger partial charge in [0.1, 0.15) is 6.54 Å². The number of pyridine rings is 1. The van der Waals surface area contributed by atoms with Crippen LogP contribution in [-0.4, -0.2) is 5.33 Å². The number of anilines is 1. The molecule has 3 aromatic rings. The summed E-state index contributed by atoms with van der Waals surface area (Å²) in [4.78, 5) is 0. The van der Waals surface area contributed by atoms with E-state index in [-0.39, 0.29) is 17.0 Å². The molecule has 0 radical (unpaired) electrons. The molecule has 0 saturated heterocycles. The van der Waals surface area contributed by atoms with Crippen LogP contribution in [0.1, 0.15) is 51.4 Å². The lowest BCUT2D eigenvalue weighted by Crippen LogP contribution is -3.00. The number of nitrogens with two attached hydrogens (primary N) is 1. The highest BCUT2D eigenvalue weighted by Crippen LogP contribution is 2.31. The summed E-state index contributed by atoms with van der Waals surface area (Å²) in [6.07, 6.45) is 14.9. The molecule has 3 rings (SSSR count). The van der Waals surface area contributed by atoms with Crippen molar-refractivity contribution in [2.75, 3.05) is 11.1 Å². The first kappa shape index (κ1) is 25.5. The number of aryl methyl sites for hydroxylation is 1. The molecule has 4 nitrogen and oxygen atoms in total. The molecule has 0 fully saturated rings. The maximum absolute atomic E-state index is 6.06. The van der Waals surface area contributed by atoms with E-state index in [1.807, 2.05) is 48.5 Å². The highest BCUT2D eigenvalue weighted by molar-refractivity contribution is 9.09. The lowest BCUT2D eigenvalue weighted by Gasteiger charge is -2.04. The minimum atomic E-state index is 0. The first-order valence-corrected chi connectivity index (χ1v) is 12.1. The zero-order valence-electron chi connectivity index (χ0n) is 18.0. The monoisotopic (exact) mass is 546 g/mol. The van der Waals surface area contributed by atoms with Gasteiger partial charge >= 0.3 is 0 Å². The molecule has 0 amide bonds. The Kier molecular flexibility index (Phi) is 11.8. The maximum Gasteiger partial charge on any atom is 0.171 e. The molecule has 6 heteroatoms. The summed E-state index contributed by atoms with van der Waals surface area (Å²) in [6, 6.07) is 15.9. The quantitative estimate of drug-likeness (QED) is 0.116. The number of hydrogen-bond acceptors (Lipinski definition) is 3. The van der Waals surface area contributed by atoms with Gasteiger partial charge in [-0.25, -0.2) is 4.57 Å². The van der Waals surface area contributed by atoms with Crippen molar-refractivity contribution in [3.63, 3.8) is 0 Å². The van der Waals surface area contributed by atoms with E-state index in [2.05, 4.69) is 43.1 Å². The number of aromatic nitrogens is 1. The Hall–Kier alpha value is -1.79. The van der Waals surface area contributed by atoms with Gasteiger partial charge in [-0.1, -0.05) is 72.3 Å². The number of nitrogens with zero attached hydrogens (tertiary/aromatic N) is 3. The van der Waals surface area contributed by atoms with Crippen molar-refractivity contribution in [2.45, 2.75) is 57.9 Å². The van der Waals surface area contributed by atoms with E-state index in [0.717, 1.165) is 39.7 Å². The van der Waals surface area contributed by atoms with Crippen LogP contribution in [0, 0.1) is 0 Å². The summed E-state index contributed by atoms with van der Waals surface area (Å²) >= 11 is 3.49. The van der Waals surface area contributed by atoms with Crippen molar-refractivity contribution in [1.29, 1.82) is 0 Å². The van der Waals surface area contributed by atoms with Crippen LogP contribution < -0.4 is 27.3 Å². The lowest BCUT2D eigenvalue weighted by molar-refractivity contribution is -0.697. The molecule has 0 atom stereocenters. The second kappa shape index (κ2) is 14.3. The molecule has 1 heterocycles. The first-order chi connectivity index (χ1) is 14.8. The molecule has 0 spiro atoms. The number of rotatable bonds is 12. The molecule has 2 N–H and O–H groups in total. The Morgan fingerprint density at radius 1 is 0.710 bits per heavy atom. The normalized spacial score (nSPS) is 11.1. The van der Waals surface area contributed by atoms with Crippen LogP contribution in [0.2, 0.25) is 0 Å². The number of azo groups is 1. The number of nitrogen functional groups attached to an aromatic ring is 1. The highest BCUT2D eigenvalue weighted by atomic mass is 79.9. The van der Waals surface area contributed by atoms with Gasteiger partial charge in [0.15, 0.2) is 12.4 Å². The zero-order chi connectivity index (χ0) is 21.0. The van der Waals surface area contributed by atoms with Crippen LogP contribution >= 0.6 is 15.9 Å². The van der Waals surface area contributed by atoms with E-state index >= 15 is 0 Å². The standard InChI is InChI=1S/C25H31BrN4.BrH/c26-17-9-5-3-1-2-4-6-10-18-30-19-15-21(16-20-30)28-29-25-14-13-24(27)22-11-7-8-12-23(22)25;/h7-8,11-16,19-20,27H,1-6,9-10,17-18H2;1H. The van der Waals surface area contributed by atoms with E-state index in [1.165, 1.54) is 51.4 Å². The number of halogens is 2. The Morgan fingerprint density at radius 3 is 2.00 bits per heavy atom. The molecule has 31 heavy (non-hydrogen) atoms. The SMILES string of the molecule is Nc1ccc(N=Nc2cc[n+](CCCCCCCCCCBr)cc2)c2ccccc12.[Br-]. The Bertz CT molecular complexity index is 942. The largest absolute Gasteiger partial charge is 1.00 e. The van der Waals surface area contributed by atoms with Gasteiger partial charge in [0.25, 0.3) is 0 Å². The highest BCUT2D eigenvalue weighted by Gasteiger charge is 2.04. The fraction of sp³-hybridized carbons (Fsp3) is 0.400. The van der Waals surface area contributed by atoms with Crippen molar-refractivity contribution in [2.24, 2.45) is 10.2 Å². The predicted molar refractivity (Wildman–Crippen MR) is 130 cm³/mol. The van der Waals surface area contributed by atoms with Crippen molar-refractivity contribution in [3.05, 3.63) is 60.9 Å². The van der Waals surface area contributed by atoms with Gasteiger partial charge in [0.2, 0.25) is 0 Å². The van der Waals surface area contributed by atoms with Crippen molar-refractivity contribution < 1.29 is 21.5 Å². The number of hydrogen-bond donors (Lipinski definition) is 1. The van der Waals surface area contributed by atoms with E-state index in [4.69, 9.17) is 5.73 Å². The molecular formula is C25H32Br2N4. The average molecular weight is 548 g/mol. The number of unbranched alkanes of at least 4 members (excludes halogenated alkanes) is 7. The summed E-state index contributed by atoms with van der Waals surface area (Å²) in [5, 5.41) is 12.0. The number of alkyl halides is 1. The molecular weight excluding hydrogens is 516 g/mol. The zero-order valence-corrected chi connectivity index (χ0v) is 21.2. The minimum Gasteiger partial charge on any atom is -1.00 e. The molecule has 0 aliphatic heterocycles. The summed E-state index contributed by atoms with van der Waals surface area (Å²) in [6.45, 7) is 1.06. The number of benzene rings is 2. The van der Waals surface area contributed by atoms with Crippen molar-refractivity contribution >= 4 is 43.8 Å². The second-order valence-corrected chi connectivity index (χ2v) is 8.52. The second-order valence-electron chi connectivity index (χ2n) is 7.73. The van der Waals surface area contributed by atoms with Crippen molar-refractivity contribution in [3.8, 4) is 0 Å². The number of fused-ring (bicyclic) bond motifs is 1. The molecule has 0 unspecified atom stereocenters. The van der Waals surface area contributed by atoms with Gasteiger partial charge in [-0.3, -0.25) is 0 Å². The third-order valence-electron chi connectivity index (χ3n) is 5.38. The molecule has 166 valence electrons. The van der Waals surface area contributed by atoms with Gasteiger partial charge in [0, 0.05) is 40.3 Å². The van der Waals surface area contributed by atoms with Crippen LogP contribution in [0.25, 0.3) is 10.8 Å². The van der Waals surface area contributed by atoms with Gasteiger partial charge < -0.3 is 22.7 Å². The molecule has 0 bridgehead atoms. The first-order valence-electron chi connectivity index (χ1n) is 11.0. The van der Waals surface area contributed by atoms with Crippen molar-refractivity contribution in [1.82, 2.24) is 0 Å². The molecule has 1 aromatic heterocycles. The van der Waals surface area contributed by atoms with Crippen LogP contribution in [0.5, 0.6) is 0 Å². The Labute approximate surface area is 204 Å². The summed E-state index contributed by atoms with van der Waals surface area (Å²) in [7, 11) is 0. The van der Waals surface area contributed by atoms with E-state index < -0.39 is 0 Å². The molecule has 0 aliphatic carbocycles. The van der Waals surface area contributed by atoms with Gasteiger partial charge in [-0.15, -0.1) is 5.11 Å². The van der Waals surface area contributed by atoms with Crippen LogP contribution in [-0.2, 0) is 6.54 Å². The van der Waals surface area contributed by atoms with E-state index in [0.29, 0.717) is 0 Å². The predicted octanol–water partition coefficient (Wildman–Crippen LogP) is 4.64. The third-order valence-corrected chi connectivity index (χ3v) is 5.94. The Balaban J connectivity index is 0.00000341. The minimum absolute atomic E-state index is 0. The summed E-state index contributed by atoms with van der Waals surface area (Å²) < 4.78 is 2.23. The third kappa shape index (κ3) is 8.34. The molecule has 2 aromatic carbocycles. The van der Waals surface area contributed by atoms with Crippen LogP contribution in [0.3, 0.4) is 0 Å². The lowest BCUT2D eigenvalue weighted by atomic mass is 10.1. The van der Waals surface area contributed by atoms with Gasteiger partial charge in [-0.2, -0.15) is 5.11 Å². The maximum atomic E-state index is 6.06. The van der Waals surface area contributed by atoms with Gasteiger partial charge in [0.05, 0.1) is 11.4 Å². The summed E-state index contributed by atoms with van der Waals surface area (Å²) in [5.41, 5.74) is 8.52. The van der Waals surface area contributed by atoms with Gasteiger partial charge in [-0.05, 0) is 25.0 Å². The van der Waals surface area contributed by atoms with E-state index in [1.54, 1.807) is 0 Å². The fourth-order valence-corrected chi connectivity index (χ4v) is 4.02. The average Bonchev–Trinajstić information content (AvgIpc) is 2.78. The van der Waals surface area contributed by atoms with E-state index in [9.17, 15) is 0 Å². The molecule has 0 saturated carbocycles. The topological polar surface area (TPSA) is 54.6 Å². The fourth-order valence-electron chi connectivity index (χ4n) is 3.62. The smallest absolute Gasteiger partial charge is 0.171 e. The van der Waals surface area contributed by atoms with Crippen LogP contribution in [0.15, 0.2) is 71.2 Å². The van der Waals surface area contributed by atoms with Crippen LogP contribution in [0.4, 0.5) is 17.1 Å². The Morgan fingerprint density at radius 2 is 1.32 bits per heavy atom. The summed E-state index contributed by atoms with van der Waals surface area (Å²) in [5.74, 6) is 0. The molecule has 0 aliphatic rings.